The zero-order chi connectivity index (χ0) is 34.2. The van der Waals surface area contributed by atoms with E-state index in [2.05, 4.69) is 111 Å². The Hall–Kier alpha value is -3.25. The average molecular weight is 701 g/mol. The predicted octanol–water partition coefficient (Wildman–Crippen LogP) is 9.19. The largest absolute Gasteiger partial charge is 0.507 e. The summed E-state index contributed by atoms with van der Waals surface area (Å²) >= 11 is 4.93. The molecular formula is C38H44N4O3S3. The smallest absolute Gasteiger partial charge is 0.123 e. The molecular weight excluding hydrogens is 657 g/mol. The van der Waals surface area contributed by atoms with Crippen LogP contribution in [-0.4, -0.2) is 49.4 Å². The van der Waals surface area contributed by atoms with Gasteiger partial charge in [-0.05, 0) is 53.6 Å². The van der Waals surface area contributed by atoms with Crippen molar-refractivity contribution in [2.24, 2.45) is 0 Å². The van der Waals surface area contributed by atoms with E-state index in [4.69, 9.17) is 10.1 Å². The number of anilines is 2. The molecule has 1 fully saturated rings. The number of phenolic OH excluding ortho intramolecular Hbond substituents is 1. The average Bonchev–Trinajstić information content (AvgIpc) is 3.81. The maximum Gasteiger partial charge on any atom is 0.123 e. The lowest BCUT2D eigenvalue weighted by molar-refractivity contribution is 0.175. The fourth-order valence-electron chi connectivity index (χ4n) is 5.90. The van der Waals surface area contributed by atoms with Crippen LogP contribution < -0.4 is 5.32 Å². The van der Waals surface area contributed by atoms with Crippen molar-refractivity contribution >= 4 is 45.8 Å². The number of rotatable bonds is 5. The SMILES string of the molecule is CC(C)(C)c1cc(-c2csc(CN3CCC(O)C3)n2)cc(C(C)(C)C)c1O.OCc1nc(-c2ccc3c(c2)Nc2ccccc2S3)cs1. The number of benzene rings is 3. The third-order valence-electron chi connectivity index (χ3n) is 8.52. The molecule has 2 aromatic heterocycles. The van der Waals surface area contributed by atoms with E-state index in [1.807, 2.05) is 11.4 Å². The van der Waals surface area contributed by atoms with Gasteiger partial charge < -0.3 is 20.6 Å². The molecule has 4 heterocycles. The Bertz CT molecular complexity index is 1870. The van der Waals surface area contributed by atoms with Gasteiger partial charge in [0, 0.05) is 55.9 Å². The molecule has 7 rings (SSSR count). The first kappa shape index (κ1) is 34.6. The van der Waals surface area contributed by atoms with Crippen LogP contribution in [0.25, 0.3) is 22.5 Å². The molecule has 252 valence electrons. The maximum absolute atomic E-state index is 10.9. The van der Waals surface area contributed by atoms with Gasteiger partial charge in [-0.15, -0.1) is 22.7 Å². The number of likely N-dealkylation sites (tertiary alicyclic amines) is 1. The fourth-order valence-corrected chi connectivity index (χ4v) is 8.38. The van der Waals surface area contributed by atoms with Crippen molar-refractivity contribution in [2.45, 2.75) is 87.8 Å². The molecule has 0 saturated carbocycles. The van der Waals surface area contributed by atoms with Gasteiger partial charge in [-0.2, -0.15) is 0 Å². The minimum absolute atomic E-state index is 0.00289. The second kappa shape index (κ2) is 13.9. The van der Waals surface area contributed by atoms with Crippen molar-refractivity contribution in [1.29, 1.82) is 0 Å². The van der Waals surface area contributed by atoms with Crippen LogP contribution in [-0.2, 0) is 24.0 Å². The predicted molar refractivity (Wildman–Crippen MR) is 200 cm³/mol. The third kappa shape index (κ3) is 7.80. The minimum atomic E-state index is -0.204. The molecule has 0 bridgehead atoms. The summed E-state index contributed by atoms with van der Waals surface area (Å²) in [6.07, 6.45) is 0.644. The number of hydrogen-bond donors (Lipinski definition) is 4. The van der Waals surface area contributed by atoms with Gasteiger partial charge in [-0.3, -0.25) is 4.90 Å². The lowest BCUT2D eigenvalue weighted by Crippen LogP contribution is -2.21. The van der Waals surface area contributed by atoms with E-state index in [0.717, 1.165) is 81.1 Å². The molecule has 2 aliphatic rings. The van der Waals surface area contributed by atoms with Crippen LogP contribution in [0.2, 0.25) is 0 Å². The molecule has 3 aromatic carbocycles. The van der Waals surface area contributed by atoms with Crippen molar-refractivity contribution < 1.29 is 15.3 Å². The van der Waals surface area contributed by atoms with E-state index < -0.39 is 0 Å². The number of thiazole rings is 2. The first-order valence-electron chi connectivity index (χ1n) is 16.3. The minimum Gasteiger partial charge on any atom is -0.507 e. The highest BCUT2D eigenvalue weighted by Crippen LogP contribution is 2.45. The van der Waals surface area contributed by atoms with Gasteiger partial charge in [0.25, 0.3) is 0 Å². The number of hydrogen-bond acceptors (Lipinski definition) is 10. The van der Waals surface area contributed by atoms with E-state index in [0.29, 0.717) is 5.75 Å². The van der Waals surface area contributed by atoms with Gasteiger partial charge >= 0.3 is 0 Å². The van der Waals surface area contributed by atoms with Crippen molar-refractivity contribution in [3.8, 4) is 28.3 Å². The van der Waals surface area contributed by atoms with Gasteiger partial charge in [-0.25, -0.2) is 9.97 Å². The summed E-state index contributed by atoms with van der Waals surface area (Å²) in [7, 11) is 0. The quantitative estimate of drug-likeness (QED) is 0.141. The van der Waals surface area contributed by atoms with Crippen LogP contribution >= 0.6 is 34.4 Å². The molecule has 0 spiro atoms. The number of nitrogens with one attached hydrogen (secondary N) is 1. The summed E-state index contributed by atoms with van der Waals surface area (Å²) in [5.74, 6) is 0.403. The molecule has 10 heteroatoms. The van der Waals surface area contributed by atoms with Crippen molar-refractivity contribution in [1.82, 2.24) is 14.9 Å². The zero-order valence-electron chi connectivity index (χ0n) is 28.4. The molecule has 7 nitrogen and oxygen atoms in total. The summed E-state index contributed by atoms with van der Waals surface area (Å²) < 4.78 is 0. The standard InChI is InChI=1S/C22H32N2O2S.C16H12N2OS2/c1-21(2,3)16-9-14(10-17(20(16)26)22(4,5)6)18-13-27-19(23-18)12-24-8-7-15(25)11-24;19-8-16-18-13(9-20-16)10-5-6-15-12(7-10)17-11-3-1-2-4-14(11)21-15/h9-10,13,15,25-26H,7-8,11-12H2,1-6H3;1-7,9,17,19H,8H2. The lowest BCUT2D eigenvalue weighted by atomic mass is 9.78. The first-order chi connectivity index (χ1) is 22.8. The van der Waals surface area contributed by atoms with E-state index in [9.17, 15) is 10.2 Å². The molecule has 0 amide bonds. The van der Waals surface area contributed by atoms with Gasteiger partial charge in [0.2, 0.25) is 0 Å². The highest BCUT2D eigenvalue weighted by molar-refractivity contribution is 7.99. The Balaban J connectivity index is 0.000000172. The Morgan fingerprint density at radius 3 is 2.06 bits per heavy atom. The Labute approximate surface area is 295 Å². The Kier molecular flexibility index (Phi) is 10.0. The monoisotopic (exact) mass is 700 g/mol. The number of β-amino-alcohol motifs (C(OH)–C–C–N with tert-alkyl or cyclic N) is 1. The summed E-state index contributed by atoms with van der Waals surface area (Å²) in [6.45, 7) is 15.2. The van der Waals surface area contributed by atoms with Crippen LogP contribution in [0.4, 0.5) is 11.4 Å². The van der Waals surface area contributed by atoms with E-state index >= 15 is 0 Å². The Morgan fingerprint density at radius 1 is 0.812 bits per heavy atom. The molecule has 48 heavy (non-hydrogen) atoms. The molecule has 5 aromatic rings. The summed E-state index contributed by atoms with van der Waals surface area (Å²) in [5, 5.41) is 39.1. The van der Waals surface area contributed by atoms with Crippen LogP contribution in [0.5, 0.6) is 5.75 Å². The topological polar surface area (TPSA) is 102 Å². The summed E-state index contributed by atoms with van der Waals surface area (Å²) in [5.41, 5.74) is 7.88. The normalized spacial score (nSPS) is 16.1. The number of aliphatic hydroxyl groups excluding tert-OH is 2. The van der Waals surface area contributed by atoms with Crippen LogP contribution in [0.3, 0.4) is 0 Å². The number of nitrogens with zero attached hydrogens (tertiary/aromatic N) is 3. The molecule has 2 aliphatic heterocycles. The number of fused-ring (bicyclic) bond motifs is 2. The van der Waals surface area contributed by atoms with Gasteiger partial charge in [0.15, 0.2) is 0 Å². The number of aromatic hydroxyl groups is 1. The van der Waals surface area contributed by atoms with E-state index in [1.165, 1.54) is 21.1 Å². The molecule has 1 saturated heterocycles. The van der Waals surface area contributed by atoms with Gasteiger partial charge in [0.05, 0.1) is 42.0 Å². The number of aliphatic hydroxyl groups is 2. The molecule has 4 N–H and O–H groups in total. The van der Waals surface area contributed by atoms with Crippen molar-refractivity contribution in [3.63, 3.8) is 0 Å². The molecule has 1 atom stereocenters. The molecule has 0 radical (unpaired) electrons. The highest BCUT2D eigenvalue weighted by atomic mass is 32.2. The number of aromatic nitrogens is 2. The first-order valence-corrected chi connectivity index (χ1v) is 18.8. The second-order valence-electron chi connectivity index (χ2n) is 14.4. The van der Waals surface area contributed by atoms with Gasteiger partial charge in [-0.1, -0.05) is 71.5 Å². The fraction of sp³-hybridized carbons (Fsp3) is 0.368. The van der Waals surface area contributed by atoms with Crippen molar-refractivity contribution in [3.05, 3.63) is 86.5 Å². The van der Waals surface area contributed by atoms with E-state index in [1.54, 1.807) is 23.1 Å². The number of phenols is 1. The molecule has 1 unspecified atom stereocenters. The Morgan fingerprint density at radius 2 is 1.44 bits per heavy atom. The highest BCUT2D eigenvalue weighted by Gasteiger charge is 2.28. The second-order valence-corrected chi connectivity index (χ2v) is 17.4. The zero-order valence-corrected chi connectivity index (χ0v) is 30.8. The number of para-hydroxylation sites is 1. The molecule has 0 aliphatic carbocycles. The van der Waals surface area contributed by atoms with Crippen LogP contribution in [0, 0.1) is 0 Å². The third-order valence-corrected chi connectivity index (χ3v) is 11.3. The summed E-state index contributed by atoms with van der Waals surface area (Å²) in [4.78, 5) is 14.0. The van der Waals surface area contributed by atoms with Crippen LogP contribution in [0.15, 0.2) is 75.1 Å². The van der Waals surface area contributed by atoms with E-state index in [-0.39, 0.29) is 23.5 Å². The summed E-state index contributed by atoms with van der Waals surface area (Å²) in [6, 6.07) is 18.8. The maximum atomic E-state index is 10.9. The van der Waals surface area contributed by atoms with Gasteiger partial charge in [0.1, 0.15) is 15.8 Å². The lowest BCUT2D eigenvalue weighted by Gasteiger charge is -2.28. The van der Waals surface area contributed by atoms with Crippen molar-refractivity contribution in [2.75, 3.05) is 18.4 Å². The van der Waals surface area contributed by atoms with Crippen LogP contribution in [0.1, 0.15) is 69.1 Å².